The highest BCUT2D eigenvalue weighted by molar-refractivity contribution is 5.95. The summed E-state index contributed by atoms with van der Waals surface area (Å²) in [6.07, 6.45) is 3.28. The standard InChI is InChI=1S/C18H18N6O4/c1-11-20-13(12-6-4-5-7-24(11)12)17(26)28-9-8-23-10-19-15-14(23)16(25)22(3)18(27)21(15)2/h4-7,10H,8-9H2,1-3H3. The SMILES string of the molecule is Cc1nc(C(=O)OCCn2cnc3c2c(=O)n(C)c(=O)n3C)c2ccccn12. The second kappa shape index (κ2) is 6.48. The van der Waals surface area contributed by atoms with Crippen LogP contribution < -0.4 is 11.2 Å². The van der Waals surface area contributed by atoms with E-state index in [9.17, 15) is 14.4 Å². The van der Waals surface area contributed by atoms with Gasteiger partial charge in [0, 0.05) is 20.3 Å². The number of imidazole rings is 2. The van der Waals surface area contributed by atoms with E-state index in [-0.39, 0.29) is 30.0 Å². The molecule has 0 aliphatic carbocycles. The largest absolute Gasteiger partial charge is 0.459 e. The predicted octanol–water partition coefficient (Wildman–Crippen LogP) is 0.247. The van der Waals surface area contributed by atoms with E-state index in [1.807, 2.05) is 29.7 Å². The van der Waals surface area contributed by atoms with Crippen molar-refractivity contribution >= 4 is 22.6 Å². The zero-order valence-electron chi connectivity index (χ0n) is 15.6. The normalized spacial score (nSPS) is 11.4. The van der Waals surface area contributed by atoms with E-state index in [1.54, 1.807) is 17.7 Å². The molecule has 10 heteroatoms. The van der Waals surface area contributed by atoms with E-state index >= 15 is 0 Å². The minimum absolute atomic E-state index is 0.0290. The van der Waals surface area contributed by atoms with Gasteiger partial charge in [-0.3, -0.25) is 13.9 Å². The summed E-state index contributed by atoms with van der Waals surface area (Å²) in [6, 6.07) is 5.48. The van der Waals surface area contributed by atoms with Gasteiger partial charge in [-0.2, -0.15) is 0 Å². The molecule has 0 aromatic carbocycles. The number of pyridine rings is 1. The Kier molecular flexibility index (Phi) is 4.10. The highest BCUT2D eigenvalue weighted by Crippen LogP contribution is 2.14. The number of carbonyl (C=O) groups is 1. The third-order valence-corrected chi connectivity index (χ3v) is 4.70. The maximum absolute atomic E-state index is 12.4. The van der Waals surface area contributed by atoms with E-state index in [1.165, 1.54) is 17.9 Å². The van der Waals surface area contributed by atoms with Crippen molar-refractivity contribution in [1.29, 1.82) is 0 Å². The summed E-state index contributed by atoms with van der Waals surface area (Å²) < 4.78 is 11.1. The van der Waals surface area contributed by atoms with Gasteiger partial charge in [-0.25, -0.2) is 19.6 Å². The molecule has 0 amide bonds. The Labute approximate surface area is 158 Å². The second-order valence-corrected chi connectivity index (χ2v) is 6.42. The first-order chi connectivity index (χ1) is 13.4. The highest BCUT2D eigenvalue weighted by Gasteiger charge is 2.18. The lowest BCUT2D eigenvalue weighted by atomic mass is 10.3. The summed E-state index contributed by atoms with van der Waals surface area (Å²) in [4.78, 5) is 45.3. The molecule has 0 fully saturated rings. The molecule has 4 heterocycles. The van der Waals surface area contributed by atoms with Crippen molar-refractivity contribution < 1.29 is 9.53 Å². The summed E-state index contributed by atoms with van der Waals surface area (Å²) in [5.41, 5.74) is 0.585. The molecule has 0 radical (unpaired) electrons. The Morgan fingerprint density at radius 1 is 1.18 bits per heavy atom. The molecular weight excluding hydrogens is 364 g/mol. The lowest BCUT2D eigenvalue weighted by molar-refractivity contribution is 0.0488. The van der Waals surface area contributed by atoms with Crippen LogP contribution in [0.3, 0.4) is 0 Å². The number of carbonyl (C=O) groups excluding carboxylic acids is 1. The van der Waals surface area contributed by atoms with Crippen molar-refractivity contribution in [3.63, 3.8) is 0 Å². The highest BCUT2D eigenvalue weighted by atomic mass is 16.5. The van der Waals surface area contributed by atoms with Gasteiger partial charge in [0.25, 0.3) is 5.56 Å². The molecule has 4 aromatic rings. The van der Waals surface area contributed by atoms with Crippen LogP contribution in [0.15, 0.2) is 40.3 Å². The molecule has 4 rings (SSSR count). The number of fused-ring (bicyclic) bond motifs is 2. The molecule has 0 N–H and O–H groups in total. The molecule has 0 unspecified atom stereocenters. The van der Waals surface area contributed by atoms with Gasteiger partial charge in [-0.1, -0.05) is 6.07 Å². The van der Waals surface area contributed by atoms with Crippen molar-refractivity contribution in [1.82, 2.24) is 28.1 Å². The smallest absolute Gasteiger partial charge is 0.359 e. The first-order valence-electron chi connectivity index (χ1n) is 8.62. The van der Waals surface area contributed by atoms with Gasteiger partial charge in [-0.05, 0) is 19.1 Å². The van der Waals surface area contributed by atoms with E-state index in [2.05, 4.69) is 9.97 Å². The number of esters is 1. The third kappa shape index (κ3) is 2.61. The summed E-state index contributed by atoms with van der Waals surface area (Å²) >= 11 is 0. The zero-order chi connectivity index (χ0) is 20.0. The van der Waals surface area contributed by atoms with Crippen LogP contribution in [-0.4, -0.2) is 40.6 Å². The third-order valence-electron chi connectivity index (χ3n) is 4.70. The van der Waals surface area contributed by atoms with E-state index < -0.39 is 17.2 Å². The van der Waals surface area contributed by atoms with Crippen molar-refractivity contribution in [2.24, 2.45) is 14.1 Å². The maximum atomic E-state index is 12.4. The molecule has 0 saturated heterocycles. The topological polar surface area (TPSA) is 105 Å². The zero-order valence-corrected chi connectivity index (χ0v) is 15.6. The first kappa shape index (κ1) is 17.7. The molecule has 0 bridgehead atoms. The van der Waals surface area contributed by atoms with Crippen LogP contribution in [0.2, 0.25) is 0 Å². The van der Waals surface area contributed by atoms with Gasteiger partial charge in [0.1, 0.15) is 12.4 Å². The maximum Gasteiger partial charge on any atom is 0.359 e. The number of aryl methyl sites for hydroxylation is 2. The quantitative estimate of drug-likeness (QED) is 0.469. The van der Waals surface area contributed by atoms with Gasteiger partial charge in [0.2, 0.25) is 0 Å². The Morgan fingerprint density at radius 3 is 2.75 bits per heavy atom. The summed E-state index contributed by atoms with van der Waals surface area (Å²) in [5, 5.41) is 0. The minimum atomic E-state index is -0.540. The van der Waals surface area contributed by atoms with Crippen LogP contribution in [0.1, 0.15) is 16.3 Å². The second-order valence-electron chi connectivity index (χ2n) is 6.42. The molecule has 0 saturated carbocycles. The van der Waals surface area contributed by atoms with Crippen LogP contribution in [0.4, 0.5) is 0 Å². The average Bonchev–Trinajstić information content (AvgIpc) is 3.27. The fraction of sp³-hybridized carbons (Fsp3) is 0.278. The number of rotatable bonds is 4. The van der Waals surface area contributed by atoms with E-state index in [4.69, 9.17) is 4.74 Å². The monoisotopic (exact) mass is 382 g/mol. The van der Waals surface area contributed by atoms with Crippen molar-refractivity contribution in [3.05, 3.63) is 63.1 Å². The van der Waals surface area contributed by atoms with Crippen LogP contribution >= 0.6 is 0 Å². The van der Waals surface area contributed by atoms with Crippen LogP contribution in [0, 0.1) is 6.92 Å². The lowest BCUT2D eigenvalue weighted by Crippen LogP contribution is -2.37. The van der Waals surface area contributed by atoms with E-state index in [0.29, 0.717) is 11.3 Å². The number of nitrogens with zero attached hydrogens (tertiary/aromatic N) is 6. The summed E-state index contributed by atoms with van der Waals surface area (Å²) in [7, 11) is 2.96. The fourth-order valence-corrected chi connectivity index (χ4v) is 3.21. The van der Waals surface area contributed by atoms with Crippen LogP contribution in [0.5, 0.6) is 0 Å². The van der Waals surface area contributed by atoms with Gasteiger partial charge in [-0.15, -0.1) is 0 Å². The molecule has 0 aliphatic heterocycles. The fourth-order valence-electron chi connectivity index (χ4n) is 3.21. The predicted molar refractivity (Wildman–Crippen MR) is 100 cm³/mol. The van der Waals surface area contributed by atoms with Crippen LogP contribution in [-0.2, 0) is 25.4 Å². The number of aromatic nitrogens is 6. The summed E-state index contributed by atoms with van der Waals surface area (Å²) in [5.74, 6) is 0.147. The number of hydrogen-bond acceptors (Lipinski definition) is 6. The van der Waals surface area contributed by atoms with Crippen molar-refractivity contribution in [2.75, 3.05) is 6.61 Å². The number of hydrogen-bond donors (Lipinski definition) is 0. The lowest BCUT2D eigenvalue weighted by Gasteiger charge is -2.07. The Hall–Kier alpha value is -3.69. The van der Waals surface area contributed by atoms with Gasteiger partial charge < -0.3 is 13.7 Å². The first-order valence-corrected chi connectivity index (χ1v) is 8.62. The van der Waals surface area contributed by atoms with Crippen LogP contribution in [0.25, 0.3) is 16.7 Å². The van der Waals surface area contributed by atoms with Gasteiger partial charge >= 0.3 is 11.7 Å². The molecule has 4 aromatic heterocycles. The van der Waals surface area contributed by atoms with Crippen molar-refractivity contribution in [2.45, 2.75) is 13.5 Å². The van der Waals surface area contributed by atoms with Crippen molar-refractivity contribution in [3.8, 4) is 0 Å². The summed E-state index contributed by atoms with van der Waals surface area (Å²) in [6.45, 7) is 2.06. The molecule has 0 spiro atoms. The van der Waals surface area contributed by atoms with Gasteiger partial charge in [0.05, 0.1) is 18.4 Å². The Bertz CT molecular complexity index is 1340. The Morgan fingerprint density at radius 2 is 1.96 bits per heavy atom. The van der Waals surface area contributed by atoms with Gasteiger partial charge in [0.15, 0.2) is 16.9 Å². The number of ether oxygens (including phenoxy) is 1. The van der Waals surface area contributed by atoms with E-state index in [0.717, 1.165) is 4.57 Å². The molecule has 0 atom stereocenters. The molecule has 144 valence electrons. The minimum Gasteiger partial charge on any atom is -0.459 e. The molecule has 0 aliphatic rings. The molecule has 10 nitrogen and oxygen atoms in total. The molecule has 28 heavy (non-hydrogen) atoms. The Balaban J connectivity index is 1.57. The molecular formula is C18H18N6O4. The average molecular weight is 382 g/mol.